The Bertz CT molecular complexity index is 1310. The summed E-state index contributed by atoms with van der Waals surface area (Å²) >= 11 is 0. The maximum absolute atomic E-state index is 13.7. The van der Waals surface area contributed by atoms with E-state index in [1.165, 1.54) is 26.2 Å². The third kappa shape index (κ3) is 5.28. The van der Waals surface area contributed by atoms with Crippen LogP contribution in [0.2, 0.25) is 0 Å². The summed E-state index contributed by atoms with van der Waals surface area (Å²) in [6, 6.07) is 18.7. The highest BCUT2D eigenvalue weighted by Gasteiger charge is 2.30. The molecular formula is C28H35N5O3. The molecule has 2 heterocycles. The van der Waals surface area contributed by atoms with Crippen molar-refractivity contribution in [3.8, 4) is 0 Å². The number of fused-ring (bicyclic) bond motifs is 1. The van der Waals surface area contributed by atoms with Crippen LogP contribution in [-0.4, -0.2) is 40.0 Å². The third-order valence-electron chi connectivity index (χ3n) is 6.79. The molecular weight excluding hydrogens is 454 g/mol. The highest BCUT2D eigenvalue weighted by Crippen LogP contribution is 2.33. The predicted octanol–water partition coefficient (Wildman–Crippen LogP) is 3.31. The van der Waals surface area contributed by atoms with Crippen molar-refractivity contribution in [3.63, 3.8) is 0 Å². The quantitative estimate of drug-likeness (QED) is 0.480. The van der Waals surface area contributed by atoms with Crippen molar-refractivity contribution in [1.82, 2.24) is 14.5 Å². The van der Waals surface area contributed by atoms with Gasteiger partial charge in [0.05, 0.1) is 6.54 Å². The van der Waals surface area contributed by atoms with Gasteiger partial charge in [-0.2, -0.15) is 0 Å². The number of nitrogens with zero attached hydrogens (tertiary/aromatic N) is 3. The normalized spacial score (nSPS) is 15.4. The van der Waals surface area contributed by atoms with Gasteiger partial charge in [0, 0.05) is 32.1 Å². The molecule has 2 aromatic carbocycles. The van der Waals surface area contributed by atoms with E-state index in [2.05, 4.69) is 40.2 Å². The van der Waals surface area contributed by atoms with Crippen molar-refractivity contribution in [2.75, 3.05) is 30.3 Å². The number of aromatic amines is 1. The number of hydrogen-bond donors (Lipinski definition) is 2. The first kappa shape index (κ1) is 25.4. The molecule has 0 bridgehead atoms. The summed E-state index contributed by atoms with van der Waals surface area (Å²) in [5.41, 5.74) is 8.88. The minimum absolute atomic E-state index is 0.0428. The van der Waals surface area contributed by atoms with Gasteiger partial charge in [0.2, 0.25) is 5.91 Å². The first-order valence-electron chi connectivity index (χ1n) is 12.7. The highest BCUT2D eigenvalue weighted by molar-refractivity contribution is 5.96. The first-order chi connectivity index (χ1) is 17.4. The van der Waals surface area contributed by atoms with Gasteiger partial charge >= 0.3 is 5.69 Å². The van der Waals surface area contributed by atoms with Crippen molar-refractivity contribution in [2.45, 2.75) is 52.1 Å². The van der Waals surface area contributed by atoms with E-state index < -0.39 is 11.2 Å². The zero-order valence-electron chi connectivity index (χ0n) is 21.1. The number of nitrogens with two attached hydrogens (primary N) is 1. The number of H-pyrrole nitrogens is 1. The lowest BCUT2D eigenvalue weighted by Gasteiger charge is -2.36. The number of amides is 1. The molecule has 0 radical (unpaired) electrons. The third-order valence-corrected chi connectivity index (χ3v) is 6.79. The van der Waals surface area contributed by atoms with Crippen LogP contribution in [0.15, 0.2) is 64.2 Å². The Kier molecular flexibility index (Phi) is 8.05. The summed E-state index contributed by atoms with van der Waals surface area (Å²) in [6.45, 7) is 6.16. The van der Waals surface area contributed by atoms with Gasteiger partial charge in [-0.15, -0.1) is 0 Å². The van der Waals surface area contributed by atoms with E-state index in [9.17, 15) is 14.4 Å². The molecule has 1 aromatic heterocycles. The second-order valence-corrected chi connectivity index (χ2v) is 9.38. The molecule has 1 amide bonds. The fourth-order valence-corrected chi connectivity index (χ4v) is 5.01. The Balaban J connectivity index is 1.65. The molecule has 0 saturated heterocycles. The highest BCUT2D eigenvalue weighted by atomic mass is 16.2. The Labute approximate surface area is 211 Å². The largest absolute Gasteiger partial charge is 0.383 e. The fraction of sp³-hybridized carbons (Fsp3) is 0.393. The lowest BCUT2D eigenvalue weighted by molar-refractivity contribution is -0.120. The van der Waals surface area contributed by atoms with E-state index in [0.717, 1.165) is 6.42 Å². The lowest BCUT2D eigenvalue weighted by Crippen LogP contribution is -2.47. The molecule has 3 N–H and O–H groups in total. The topological polar surface area (TPSA) is 104 Å². The van der Waals surface area contributed by atoms with Gasteiger partial charge in [0.25, 0.3) is 5.56 Å². The van der Waals surface area contributed by atoms with Crippen molar-refractivity contribution in [1.29, 1.82) is 0 Å². The molecule has 8 heteroatoms. The van der Waals surface area contributed by atoms with Crippen molar-refractivity contribution in [2.24, 2.45) is 0 Å². The SMILES string of the molecule is CCCCN(C(=O)CN1Cc2ccccc2C(c2ccccc2)C1)c1c(N)n(CCC)c(=O)[nH]c1=O. The van der Waals surface area contributed by atoms with Gasteiger partial charge in [0.15, 0.2) is 5.69 Å². The summed E-state index contributed by atoms with van der Waals surface area (Å²) in [5, 5.41) is 0. The van der Waals surface area contributed by atoms with Gasteiger partial charge in [-0.1, -0.05) is 74.9 Å². The number of anilines is 2. The number of benzene rings is 2. The van der Waals surface area contributed by atoms with E-state index in [-0.39, 0.29) is 29.9 Å². The van der Waals surface area contributed by atoms with Gasteiger partial charge in [-0.3, -0.25) is 24.0 Å². The van der Waals surface area contributed by atoms with E-state index in [0.29, 0.717) is 39.0 Å². The fourth-order valence-electron chi connectivity index (χ4n) is 5.01. The first-order valence-corrected chi connectivity index (χ1v) is 12.7. The predicted molar refractivity (Wildman–Crippen MR) is 143 cm³/mol. The molecule has 1 unspecified atom stereocenters. The molecule has 0 fully saturated rings. The minimum atomic E-state index is -0.625. The number of aromatic nitrogens is 2. The summed E-state index contributed by atoms with van der Waals surface area (Å²) in [4.78, 5) is 44.9. The Morgan fingerprint density at radius 2 is 1.78 bits per heavy atom. The zero-order valence-corrected chi connectivity index (χ0v) is 21.1. The smallest absolute Gasteiger partial charge is 0.330 e. The number of unbranched alkanes of at least 4 members (excludes halogenated alkanes) is 1. The molecule has 190 valence electrons. The van der Waals surface area contributed by atoms with Crippen molar-refractivity contribution >= 4 is 17.4 Å². The van der Waals surface area contributed by atoms with E-state index in [1.807, 2.05) is 38.1 Å². The number of nitrogen functional groups attached to an aromatic ring is 1. The molecule has 1 aliphatic heterocycles. The number of nitrogens with one attached hydrogen (secondary N) is 1. The molecule has 8 nitrogen and oxygen atoms in total. The average Bonchev–Trinajstić information content (AvgIpc) is 2.88. The summed E-state index contributed by atoms with van der Waals surface area (Å²) in [5.74, 6) is -0.0114. The minimum Gasteiger partial charge on any atom is -0.383 e. The second kappa shape index (κ2) is 11.4. The number of hydrogen-bond acceptors (Lipinski definition) is 5. The molecule has 1 atom stereocenters. The molecule has 36 heavy (non-hydrogen) atoms. The number of carbonyl (C=O) groups is 1. The maximum Gasteiger partial charge on any atom is 0.330 e. The zero-order chi connectivity index (χ0) is 25.7. The number of carbonyl (C=O) groups excluding carboxylic acids is 1. The molecule has 4 rings (SSSR count). The molecule has 3 aromatic rings. The van der Waals surface area contributed by atoms with Crippen molar-refractivity contribution < 1.29 is 4.79 Å². The van der Waals surface area contributed by atoms with Gasteiger partial charge < -0.3 is 10.6 Å². The van der Waals surface area contributed by atoms with Crippen molar-refractivity contribution in [3.05, 3.63) is 92.1 Å². The van der Waals surface area contributed by atoms with Crippen LogP contribution >= 0.6 is 0 Å². The number of rotatable bonds is 9. The summed E-state index contributed by atoms with van der Waals surface area (Å²) in [6.07, 6.45) is 2.24. The summed E-state index contributed by atoms with van der Waals surface area (Å²) in [7, 11) is 0. The van der Waals surface area contributed by atoms with E-state index in [1.54, 1.807) is 0 Å². The van der Waals surface area contributed by atoms with Gasteiger partial charge in [0.1, 0.15) is 5.82 Å². The van der Waals surface area contributed by atoms with Crippen LogP contribution in [0.25, 0.3) is 0 Å². The van der Waals surface area contributed by atoms with Crippen LogP contribution in [0.4, 0.5) is 11.5 Å². The second-order valence-electron chi connectivity index (χ2n) is 9.38. The Morgan fingerprint density at radius 1 is 1.06 bits per heavy atom. The van der Waals surface area contributed by atoms with Crippen LogP contribution in [0, 0.1) is 0 Å². The molecule has 1 aliphatic rings. The van der Waals surface area contributed by atoms with Gasteiger partial charge in [-0.05, 0) is 29.5 Å². The van der Waals surface area contributed by atoms with Crippen LogP contribution in [0.3, 0.4) is 0 Å². The molecule has 0 saturated carbocycles. The van der Waals surface area contributed by atoms with E-state index in [4.69, 9.17) is 5.73 Å². The maximum atomic E-state index is 13.7. The lowest BCUT2D eigenvalue weighted by atomic mass is 9.84. The van der Waals surface area contributed by atoms with E-state index >= 15 is 0 Å². The molecule has 0 spiro atoms. The average molecular weight is 490 g/mol. The standard InChI is InChI=1S/C28H35N5O3/c1-3-5-16-32(25-26(29)33(15-4-2)28(36)30-27(25)35)24(34)19-31-17-21-13-9-10-14-22(21)23(18-31)20-11-7-6-8-12-20/h6-14,23H,3-5,15-19,29H2,1-2H3,(H,30,35,36). The van der Waals surface area contributed by atoms with Crippen LogP contribution in [0.5, 0.6) is 0 Å². The van der Waals surface area contributed by atoms with Gasteiger partial charge in [-0.25, -0.2) is 4.79 Å². The Hall–Kier alpha value is -3.65. The van der Waals surface area contributed by atoms with Crippen LogP contribution in [-0.2, 0) is 17.9 Å². The Morgan fingerprint density at radius 3 is 2.50 bits per heavy atom. The summed E-state index contributed by atoms with van der Waals surface area (Å²) < 4.78 is 1.34. The van der Waals surface area contributed by atoms with Crippen LogP contribution in [0.1, 0.15) is 55.7 Å². The monoisotopic (exact) mass is 489 g/mol. The molecule has 0 aliphatic carbocycles. The van der Waals surface area contributed by atoms with Crippen LogP contribution < -0.4 is 21.9 Å².